The highest BCUT2D eigenvalue weighted by Crippen LogP contribution is 2.35. The highest BCUT2D eigenvalue weighted by Gasteiger charge is 2.32. The molecule has 0 radical (unpaired) electrons. The molecule has 1 heterocycles. The molecule has 4 N–H and O–H groups in total. The highest BCUT2D eigenvalue weighted by atomic mass is 19.1. The van der Waals surface area contributed by atoms with Crippen LogP contribution in [0.25, 0.3) is 0 Å². The topological polar surface area (TPSA) is 149 Å². The Balaban J connectivity index is 1.42. The lowest BCUT2D eigenvalue weighted by Gasteiger charge is -2.28. The molecular formula is C32H35FN4O8. The zero-order valence-electron chi connectivity index (χ0n) is 25.3. The van der Waals surface area contributed by atoms with Crippen LogP contribution in [-0.2, 0) is 16.1 Å². The van der Waals surface area contributed by atoms with E-state index in [4.69, 9.17) is 23.7 Å². The fraction of sp³-hybridized carbons (Fsp3) is 0.281. The minimum atomic E-state index is -1.20. The van der Waals surface area contributed by atoms with E-state index in [1.807, 2.05) is 0 Å². The third-order valence-corrected chi connectivity index (χ3v) is 6.63. The maximum absolute atomic E-state index is 13.3. The van der Waals surface area contributed by atoms with Crippen LogP contribution < -0.4 is 35.0 Å². The zero-order valence-corrected chi connectivity index (χ0v) is 25.3. The second kappa shape index (κ2) is 15.4. The number of hydrogen-bond donors (Lipinski definition) is 4. The van der Waals surface area contributed by atoms with Crippen molar-refractivity contribution in [2.24, 2.45) is 5.10 Å². The summed E-state index contributed by atoms with van der Waals surface area (Å²) in [6, 6.07) is 15.0. The molecule has 45 heavy (non-hydrogen) atoms. The number of esters is 1. The van der Waals surface area contributed by atoms with E-state index in [0.717, 1.165) is 5.56 Å². The number of aliphatic hydroxyl groups is 1. The number of methoxy groups -OCH3 is 2. The third-order valence-electron chi connectivity index (χ3n) is 6.63. The Morgan fingerprint density at radius 3 is 2.56 bits per heavy atom. The molecule has 1 aliphatic rings. The second-order valence-corrected chi connectivity index (χ2v) is 9.71. The molecule has 2 amide bonds. The van der Waals surface area contributed by atoms with Gasteiger partial charge in [-0.1, -0.05) is 24.3 Å². The Morgan fingerprint density at radius 2 is 1.84 bits per heavy atom. The van der Waals surface area contributed by atoms with Gasteiger partial charge in [0.1, 0.15) is 19.0 Å². The first-order valence-electron chi connectivity index (χ1n) is 14.0. The Hall–Kier alpha value is -5.30. The molecule has 3 aromatic rings. The molecule has 0 aliphatic carbocycles. The molecule has 2 atom stereocenters. The molecule has 238 valence electrons. The van der Waals surface area contributed by atoms with Gasteiger partial charge in [-0.15, -0.1) is 0 Å². The van der Waals surface area contributed by atoms with E-state index in [-0.39, 0.29) is 24.6 Å². The first-order valence-corrected chi connectivity index (χ1v) is 14.0. The summed E-state index contributed by atoms with van der Waals surface area (Å²) in [5, 5.41) is 19.9. The van der Waals surface area contributed by atoms with Gasteiger partial charge in [-0.2, -0.15) is 5.10 Å². The number of hydrazone groups is 1. The predicted octanol–water partition coefficient (Wildman–Crippen LogP) is 3.93. The van der Waals surface area contributed by atoms with Crippen LogP contribution in [0.15, 0.2) is 77.0 Å². The SMILES string of the molecule is CCOc1cc([C@@H]2NC(=O)NC(C)=C2C(=O)OC)ccc1OC[C@H](O)N/N=C/c1cccc(OC)c1OCc1ccc(F)cc1. The van der Waals surface area contributed by atoms with Crippen molar-refractivity contribution < 1.29 is 42.8 Å². The average molecular weight is 623 g/mol. The summed E-state index contributed by atoms with van der Waals surface area (Å²) >= 11 is 0. The van der Waals surface area contributed by atoms with Gasteiger partial charge in [-0.3, -0.25) is 5.43 Å². The summed E-state index contributed by atoms with van der Waals surface area (Å²) in [6.07, 6.45) is 0.262. The molecule has 0 spiro atoms. The number of para-hydroxylation sites is 1. The van der Waals surface area contributed by atoms with Crippen molar-refractivity contribution in [1.82, 2.24) is 16.1 Å². The lowest BCUT2D eigenvalue weighted by Crippen LogP contribution is -2.45. The lowest BCUT2D eigenvalue weighted by atomic mass is 9.95. The Bertz CT molecular complexity index is 1560. The maximum atomic E-state index is 13.3. The monoisotopic (exact) mass is 622 g/mol. The number of halogens is 1. The minimum Gasteiger partial charge on any atom is -0.493 e. The van der Waals surface area contributed by atoms with Crippen LogP contribution in [0, 0.1) is 5.82 Å². The van der Waals surface area contributed by atoms with Crippen LogP contribution in [-0.4, -0.2) is 57.0 Å². The van der Waals surface area contributed by atoms with Gasteiger partial charge in [0, 0.05) is 11.3 Å². The van der Waals surface area contributed by atoms with E-state index < -0.39 is 24.3 Å². The highest BCUT2D eigenvalue weighted by molar-refractivity contribution is 5.95. The quantitative estimate of drug-likeness (QED) is 0.0908. The molecular weight excluding hydrogens is 587 g/mol. The number of nitrogens with zero attached hydrogens (tertiary/aromatic N) is 1. The van der Waals surface area contributed by atoms with E-state index in [1.54, 1.807) is 62.4 Å². The van der Waals surface area contributed by atoms with Gasteiger partial charge in [0.05, 0.1) is 38.7 Å². The summed E-state index contributed by atoms with van der Waals surface area (Å²) < 4.78 is 41.1. The summed E-state index contributed by atoms with van der Waals surface area (Å²) in [4.78, 5) is 24.6. The van der Waals surface area contributed by atoms with Crippen LogP contribution in [0.1, 0.15) is 36.6 Å². The van der Waals surface area contributed by atoms with Gasteiger partial charge in [-0.25, -0.2) is 14.0 Å². The number of allylic oxidation sites excluding steroid dienone is 1. The number of carbonyl (C=O) groups excluding carboxylic acids is 2. The van der Waals surface area contributed by atoms with Gasteiger partial charge in [0.2, 0.25) is 0 Å². The maximum Gasteiger partial charge on any atom is 0.337 e. The number of ether oxygens (including phenoxy) is 5. The van der Waals surface area contributed by atoms with Gasteiger partial charge >= 0.3 is 12.0 Å². The molecule has 0 bridgehead atoms. The fourth-order valence-corrected chi connectivity index (χ4v) is 4.50. The standard InChI is InChI=1S/C32H35FN4O8/c1-5-43-26-15-21(29-28(31(39)42-4)19(2)35-32(40)36-29)11-14-24(26)44-18-27(38)37-34-16-22-7-6-8-25(41-3)30(22)45-17-20-9-12-23(33)13-10-20/h6-16,27,29,37-38H,5,17-18H2,1-4H3,(H2,35,36,40)/b34-16+/t27-,29-/m0/s1. The van der Waals surface area contributed by atoms with Crippen LogP contribution in [0.4, 0.5) is 9.18 Å². The van der Waals surface area contributed by atoms with Crippen molar-refractivity contribution in [3.8, 4) is 23.0 Å². The van der Waals surface area contributed by atoms with E-state index in [2.05, 4.69) is 21.2 Å². The van der Waals surface area contributed by atoms with Crippen LogP contribution in [0.5, 0.6) is 23.0 Å². The molecule has 0 unspecified atom stereocenters. The lowest BCUT2D eigenvalue weighted by molar-refractivity contribution is -0.136. The number of hydrogen-bond acceptors (Lipinski definition) is 10. The van der Waals surface area contributed by atoms with E-state index in [1.165, 1.54) is 32.6 Å². The summed E-state index contributed by atoms with van der Waals surface area (Å²) in [5.41, 5.74) is 5.15. The summed E-state index contributed by atoms with van der Waals surface area (Å²) in [7, 11) is 2.78. The molecule has 3 aromatic carbocycles. The van der Waals surface area contributed by atoms with E-state index >= 15 is 0 Å². The Labute approximate surface area is 259 Å². The molecule has 1 aliphatic heterocycles. The zero-order chi connectivity index (χ0) is 32.3. The van der Waals surface area contributed by atoms with Gasteiger partial charge in [-0.05, 0) is 61.4 Å². The molecule has 0 saturated heterocycles. The molecule has 0 saturated carbocycles. The number of nitrogens with one attached hydrogen (secondary N) is 3. The van der Waals surface area contributed by atoms with Gasteiger partial charge in [0.15, 0.2) is 29.2 Å². The van der Waals surface area contributed by atoms with Crippen LogP contribution in [0.2, 0.25) is 0 Å². The van der Waals surface area contributed by atoms with Crippen LogP contribution >= 0.6 is 0 Å². The van der Waals surface area contributed by atoms with Gasteiger partial charge in [0.25, 0.3) is 0 Å². The molecule has 0 aromatic heterocycles. The van der Waals surface area contributed by atoms with E-state index in [0.29, 0.717) is 46.4 Å². The number of carbonyl (C=O) groups is 2. The predicted molar refractivity (Wildman–Crippen MR) is 163 cm³/mol. The van der Waals surface area contributed by atoms with Crippen molar-refractivity contribution in [2.45, 2.75) is 32.7 Å². The van der Waals surface area contributed by atoms with Crippen molar-refractivity contribution in [3.05, 3.63) is 94.4 Å². The molecule has 13 heteroatoms. The number of aliphatic hydroxyl groups excluding tert-OH is 1. The van der Waals surface area contributed by atoms with Crippen LogP contribution in [0.3, 0.4) is 0 Å². The third kappa shape index (κ3) is 8.42. The van der Waals surface area contributed by atoms with E-state index in [9.17, 15) is 19.1 Å². The fourth-order valence-electron chi connectivity index (χ4n) is 4.50. The second-order valence-electron chi connectivity index (χ2n) is 9.71. The number of amides is 2. The van der Waals surface area contributed by atoms with Crippen molar-refractivity contribution in [2.75, 3.05) is 27.4 Å². The number of urea groups is 1. The summed E-state index contributed by atoms with van der Waals surface area (Å²) in [5.74, 6) is 0.656. The first kappa shape index (κ1) is 32.6. The Morgan fingerprint density at radius 1 is 1.07 bits per heavy atom. The number of rotatable bonds is 14. The molecule has 4 rings (SSSR count). The molecule has 12 nitrogen and oxygen atoms in total. The minimum absolute atomic E-state index is 0.177. The first-order chi connectivity index (χ1) is 21.7. The van der Waals surface area contributed by atoms with Crippen molar-refractivity contribution in [1.29, 1.82) is 0 Å². The van der Waals surface area contributed by atoms with Crippen molar-refractivity contribution in [3.63, 3.8) is 0 Å². The average Bonchev–Trinajstić information content (AvgIpc) is 3.03. The number of benzene rings is 3. The summed E-state index contributed by atoms with van der Waals surface area (Å²) in [6.45, 7) is 3.71. The largest absolute Gasteiger partial charge is 0.493 e. The smallest absolute Gasteiger partial charge is 0.337 e. The Kier molecular flexibility index (Phi) is 11.2. The van der Waals surface area contributed by atoms with Crippen molar-refractivity contribution >= 4 is 18.2 Å². The van der Waals surface area contributed by atoms with Gasteiger partial charge < -0.3 is 39.4 Å². The normalized spacial score (nSPS) is 15.2. The molecule has 0 fully saturated rings.